The summed E-state index contributed by atoms with van der Waals surface area (Å²) in [5.74, 6) is -0.228. The molecular formula is C12H14ClN3O2. The minimum absolute atomic E-state index is 0.228. The van der Waals surface area contributed by atoms with Gasteiger partial charge in [0.1, 0.15) is 0 Å². The van der Waals surface area contributed by atoms with E-state index in [2.05, 4.69) is 5.10 Å². The molecule has 0 radical (unpaired) electrons. The Morgan fingerprint density at radius 3 is 2.78 bits per heavy atom. The Labute approximate surface area is 109 Å². The normalized spacial score (nSPS) is 11.1. The third kappa shape index (κ3) is 1.95. The Morgan fingerprint density at radius 2 is 2.17 bits per heavy atom. The summed E-state index contributed by atoms with van der Waals surface area (Å²) in [5.41, 5.74) is 0.368. The van der Waals surface area contributed by atoms with Gasteiger partial charge in [-0.3, -0.25) is 0 Å². The highest BCUT2D eigenvalue weighted by Gasteiger charge is 2.18. The molecule has 0 aliphatic carbocycles. The van der Waals surface area contributed by atoms with Gasteiger partial charge in [-0.2, -0.15) is 0 Å². The molecule has 0 amide bonds. The van der Waals surface area contributed by atoms with Crippen molar-refractivity contribution in [2.45, 2.75) is 33.2 Å². The fourth-order valence-corrected chi connectivity index (χ4v) is 2.14. The lowest BCUT2D eigenvalue weighted by molar-refractivity contribution is -0.714. The highest BCUT2D eigenvalue weighted by Crippen LogP contribution is 2.10. The first kappa shape index (κ1) is 12.8. The maximum Gasteiger partial charge on any atom is 0.365 e. The predicted molar refractivity (Wildman–Crippen MR) is 65.8 cm³/mol. The summed E-state index contributed by atoms with van der Waals surface area (Å²) in [6, 6.07) is 3.21. The Kier molecular flexibility index (Phi) is 3.52. The molecule has 96 valence electrons. The lowest BCUT2D eigenvalue weighted by Gasteiger charge is -2.14. The van der Waals surface area contributed by atoms with E-state index in [1.54, 1.807) is 12.1 Å². The fourth-order valence-electron chi connectivity index (χ4n) is 2.00. The van der Waals surface area contributed by atoms with Crippen molar-refractivity contribution < 1.29 is 9.67 Å². The Bertz CT molecular complexity index is 652. The molecule has 0 aromatic carbocycles. The van der Waals surface area contributed by atoms with E-state index < -0.39 is 0 Å². The standard InChI is InChI=1S/C12H14ClN3O2/c1-3-5-8-11(17)15(4-2)10-7-6-9(13)14-16(10)12(8)18/h6-7H,3-5H2,1-2H3. The Morgan fingerprint density at radius 1 is 1.44 bits per heavy atom. The van der Waals surface area contributed by atoms with Gasteiger partial charge in [-0.05, 0) is 19.4 Å². The first-order valence-corrected chi connectivity index (χ1v) is 6.29. The zero-order chi connectivity index (χ0) is 13.3. The Balaban J connectivity index is 2.91. The summed E-state index contributed by atoms with van der Waals surface area (Å²) in [4.78, 5) is 12.2. The van der Waals surface area contributed by atoms with Crippen LogP contribution in [-0.4, -0.2) is 9.61 Å². The molecule has 0 aliphatic heterocycles. The molecule has 2 aromatic heterocycles. The molecule has 0 fully saturated rings. The number of hydrogen-bond acceptors (Lipinski definition) is 3. The second kappa shape index (κ2) is 4.94. The molecule has 0 saturated heterocycles. The van der Waals surface area contributed by atoms with Crippen LogP contribution in [0.1, 0.15) is 25.8 Å². The van der Waals surface area contributed by atoms with Crippen LogP contribution in [0.2, 0.25) is 5.15 Å². The summed E-state index contributed by atoms with van der Waals surface area (Å²) in [6.07, 6.45) is 1.19. The molecule has 18 heavy (non-hydrogen) atoms. The lowest BCUT2D eigenvalue weighted by atomic mass is 10.2. The molecule has 0 aliphatic rings. The predicted octanol–water partition coefficient (Wildman–Crippen LogP) is 0.681. The molecule has 2 rings (SSSR count). The van der Waals surface area contributed by atoms with Crippen LogP contribution >= 0.6 is 11.6 Å². The van der Waals surface area contributed by atoms with Crippen molar-refractivity contribution >= 4 is 17.2 Å². The number of aryl methyl sites for hydroxylation is 1. The van der Waals surface area contributed by atoms with Gasteiger partial charge in [0, 0.05) is 6.07 Å². The highest BCUT2D eigenvalue weighted by atomic mass is 35.5. The van der Waals surface area contributed by atoms with Crippen LogP contribution in [0.5, 0.6) is 5.88 Å². The van der Waals surface area contributed by atoms with Gasteiger partial charge in [-0.15, -0.1) is 0 Å². The summed E-state index contributed by atoms with van der Waals surface area (Å²) in [5, 5.41) is 16.4. The maximum absolute atomic E-state index is 12.2. The van der Waals surface area contributed by atoms with Gasteiger partial charge in [0.05, 0.1) is 18.0 Å². The van der Waals surface area contributed by atoms with E-state index in [0.717, 1.165) is 6.42 Å². The van der Waals surface area contributed by atoms with Crippen LogP contribution in [0.15, 0.2) is 16.9 Å². The van der Waals surface area contributed by atoms with Gasteiger partial charge < -0.3 is 5.11 Å². The van der Waals surface area contributed by atoms with E-state index in [4.69, 9.17) is 11.6 Å². The molecule has 5 nitrogen and oxygen atoms in total. The molecule has 2 heterocycles. The average molecular weight is 268 g/mol. The first-order chi connectivity index (χ1) is 8.60. The van der Waals surface area contributed by atoms with Crippen LogP contribution < -0.4 is 15.2 Å². The van der Waals surface area contributed by atoms with Crippen molar-refractivity contribution in [3.8, 4) is 5.88 Å². The summed E-state index contributed by atoms with van der Waals surface area (Å²) in [7, 11) is 0. The molecule has 0 spiro atoms. The second-order valence-corrected chi connectivity index (χ2v) is 4.40. The van der Waals surface area contributed by atoms with Crippen LogP contribution in [0.25, 0.3) is 5.65 Å². The van der Waals surface area contributed by atoms with Gasteiger partial charge in [0.2, 0.25) is 0 Å². The lowest BCUT2D eigenvalue weighted by Crippen LogP contribution is -2.44. The molecule has 2 aromatic rings. The minimum Gasteiger partial charge on any atom is -0.842 e. The quantitative estimate of drug-likeness (QED) is 0.769. The zero-order valence-corrected chi connectivity index (χ0v) is 11.1. The van der Waals surface area contributed by atoms with Crippen molar-refractivity contribution in [1.82, 2.24) is 9.61 Å². The van der Waals surface area contributed by atoms with Gasteiger partial charge >= 0.3 is 11.2 Å². The molecule has 0 bridgehead atoms. The Hall–Kier alpha value is -1.62. The van der Waals surface area contributed by atoms with E-state index in [1.807, 2.05) is 13.8 Å². The monoisotopic (exact) mass is 267 g/mol. The van der Waals surface area contributed by atoms with Crippen molar-refractivity contribution in [3.63, 3.8) is 0 Å². The molecule has 0 saturated carbocycles. The zero-order valence-electron chi connectivity index (χ0n) is 10.3. The summed E-state index contributed by atoms with van der Waals surface area (Å²) >= 11 is 5.80. The molecule has 0 unspecified atom stereocenters. The van der Waals surface area contributed by atoms with E-state index in [9.17, 15) is 9.90 Å². The minimum atomic E-state index is -0.371. The number of fused-ring (bicyclic) bond motifs is 1. The van der Waals surface area contributed by atoms with Gasteiger partial charge in [-0.25, -0.2) is 9.36 Å². The SMILES string of the molecule is CCCc1c([O-])[n+](CC)c2ccc(Cl)nn2c1=O. The molecular weight excluding hydrogens is 254 g/mol. The number of hydrogen-bond donors (Lipinski definition) is 0. The third-order valence-electron chi connectivity index (χ3n) is 2.83. The third-order valence-corrected chi connectivity index (χ3v) is 3.03. The van der Waals surface area contributed by atoms with Gasteiger partial charge in [-0.1, -0.05) is 34.6 Å². The number of aromatic nitrogens is 3. The van der Waals surface area contributed by atoms with Crippen LogP contribution in [0.3, 0.4) is 0 Å². The van der Waals surface area contributed by atoms with Gasteiger partial charge in [0.15, 0.2) is 5.15 Å². The summed E-state index contributed by atoms with van der Waals surface area (Å²) < 4.78 is 2.74. The number of halogens is 1. The summed E-state index contributed by atoms with van der Waals surface area (Å²) in [6.45, 7) is 4.27. The van der Waals surface area contributed by atoms with Crippen molar-refractivity contribution in [2.75, 3.05) is 0 Å². The van der Waals surface area contributed by atoms with Crippen LogP contribution in [0.4, 0.5) is 0 Å². The van der Waals surface area contributed by atoms with E-state index in [0.29, 0.717) is 18.6 Å². The van der Waals surface area contributed by atoms with Crippen molar-refractivity contribution in [1.29, 1.82) is 0 Å². The second-order valence-electron chi connectivity index (χ2n) is 4.01. The van der Waals surface area contributed by atoms with Crippen molar-refractivity contribution in [3.05, 3.63) is 33.2 Å². The first-order valence-electron chi connectivity index (χ1n) is 5.91. The number of rotatable bonds is 3. The van der Waals surface area contributed by atoms with E-state index in [1.165, 1.54) is 9.08 Å². The smallest absolute Gasteiger partial charge is 0.365 e. The largest absolute Gasteiger partial charge is 0.842 e. The van der Waals surface area contributed by atoms with Crippen molar-refractivity contribution in [2.24, 2.45) is 0 Å². The van der Waals surface area contributed by atoms with Crippen LogP contribution in [0, 0.1) is 0 Å². The maximum atomic E-state index is 12.2. The fraction of sp³-hybridized carbons (Fsp3) is 0.417. The molecule has 0 N–H and O–H groups in total. The van der Waals surface area contributed by atoms with Gasteiger partial charge in [0.25, 0.3) is 0 Å². The highest BCUT2D eigenvalue weighted by molar-refractivity contribution is 6.29. The average Bonchev–Trinajstić information content (AvgIpc) is 2.36. The van der Waals surface area contributed by atoms with E-state index >= 15 is 0 Å². The molecule has 0 atom stereocenters. The van der Waals surface area contributed by atoms with Crippen LogP contribution in [-0.2, 0) is 13.0 Å². The number of nitrogens with zero attached hydrogens (tertiary/aromatic N) is 3. The topological polar surface area (TPSA) is 61.3 Å². The molecule has 6 heteroatoms. The van der Waals surface area contributed by atoms with E-state index in [-0.39, 0.29) is 22.2 Å².